The third-order valence-corrected chi connectivity index (χ3v) is 4.40. The molecule has 5 nitrogen and oxygen atoms in total. The fourth-order valence-corrected chi connectivity index (χ4v) is 2.80. The molecule has 2 N–H and O–H groups in total. The standard InChI is InChI=1S/C20H38N2O3/c1-4-5-6-7-8-9-10-11-12-16-19(23)21-17-14-13-15-18(20(24)25)22(2)3/h4-5,18H,6-17H2,1-3H3,(H,21,23)(H,24,25)/b5-4+/t18-/m0/s1. The van der Waals surface area contributed by atoms with E-state index >= 15 is 0 Å². The maximum absolute atomic E-state index is 11.7. The first kappa shape index (κ1) is 23.6. The van der Waals surface area contributed by atoms with Crippen LogP contribution in [0.1, 0.15) is 77.6 Å². The Labute approximate surface area is 153 Å². The topological polar surface area (TPSA) is 69.6 Å². The van der Waals surface area contributed by atoms with Gasteiger partial charge in [0.15, 0.2) is 0 Å². The Hall–Kier alpha value is -1.36. The number of hydrogen-bond acceptors (Lipinski definition) is 3. The fourth-order valence-electron chi connectivity index (χ4n) is 2.80. The Kier molecular flexibility index (Phi) is 15.2. The molecule has 5 heteroatoms. The van der Waals surface area contributed by atoms with Gasteiger partial charge in [-0.15, -0.1) is 0 Å². The summed E-state index contributed by atoms with van der Waals surface area (Å²) >= 11 is 0. The van der Waals surface area contributed by atoms with Gasteiger partial charge in [-0.2, -0.15) is 0 Å². The van der Waals surface area contributed by atoms with Crippen molar-refractivity contribution < 1.29 is 14.7 Å². The van der Waals surface area contributed by atoms with E-state index in [1.165, 1.54) is 32.1 Å². The minimum atomic E-state index is -0.782. The maximum atomic E-state index is 11.7. The number of carbonyl (C=O) groups excluding carboxylic acids is 1. The molecule has 0 rings (SSSR count). The molecule has 0 aromatic rings. The number of hydrogen-bond donors (Lipinski definition) is 2. The SMILES string of the molecule is C/C=C/CCCCCCCCC(=O)NCCCC[C@@H](C(=O)O)N(C)C. The molecule has 0 aliphatic carbocycles. The number of carbonyl (C=O) groups is 2. The number of allylic oxidation sites excluding steroid dienone is 2. The molecule has 0 saturated heterocycles. The van der Waals surface area contributed by atoms with Crippen molar-refractivity contribution in [3.63, 3.8) is 0 Å². The van der Waals surface area contributed by atoms with Crippen molar-refractivity contribution in [3.8, 4) is 0 Å². The van der Waals surface area contributed by atoms with E-state index in [2.05, 4.69) is 24.4 Å². The predicted molar refractivity (Wildman–Crippen MR) is 104 cm³/mol. The number of likely N-dealkylation sites (N-methyl/N-ethyl adjacent to an activating group) is 1. The third kappa shape index (κ3) is 14.7. The first-order valence-corrected chi connectivity index (χ1v) is 9.76. The number of rotatable bonds is 16. The minimum absolute atomic E-state index is 0.121. The molecule has 0 aromatic heterocycles. The molecule has 1 atom stereocenters. The van der Waals surface area contributed by atoms with E-state index in [0.717, 1.165) is 25.7 Å². The zero-order chi connectivity index (χ0) is 18.9. The van der Waals surface area contributed by atoms with Crippen LogP contribution in [-0.4, -0.2) is 48.6 Å². The van der Waals surface area contributed by atoms with Crippen LogP contribution < -0.4 is 5.32 Å². The average molecular weight is 355 g/mol. The molecule has 146 valence electrons. The summed E-state index contributed by atoms with van der Waals surface area (Å²) in [5.74, 6) is -0.661. The van der Waals surface area contributed by atoms with E-state index < -0.39 is 12.0 Å². The molecular formula is C20H38N2O3. The van der Waals surface area contributed by atoms with E-state index in [4.69, 9.17) is 5.11 Å². The highest BCUT2D eigenvalue weighted by Crippen LogP contribution is 2.09. The highest BCUT2D eigenvalue weighted by Gasteiger charge is 2.18. The van der Waals surface area contributed by atoms with Gasteiger partial charge in [0.1, 0.15) is 6.04 Å². The van der Waals surface area contributed by atoms with Crippen molar-refractivity contribution in [3.05, 3.63) is 12.2 Å². The Morgan fingerprint density at radius 1 is 1.00 bits per heavy atom. The Balaban J connectivity index is 3.46. The monoisotopic (exact) mass is 354 g/mol. The Morgan fingerprint density at radius 2 is 1.64 bits per heavy atom. The van der Waals surface area contributed by atoms with Crippen molar-refractivity contribution in [1.29, 1.82) is 0 Å². The van der Waals surface area contributed by atoms with Gasteiger partial charge >= 0.3 is 5.97 Å². The number of aliphatic carboxylic acids is 1. The zero-order valence-electron chi connectivity index (χ0n) is 16.4. The van der Waals surface area contributed by atoms with Crippen LogP contribution >= 0.6 is 0 Å². The molecule has 1 amide bonds. The molecule has 0 spiro atoms. The van der Waals surface area contributed by atoms with E-state index in [0.29, 0.717) is 19.4 Å². The lowest BCUT2D eigenvalue weighted by atomic mass is 10.1. The first-order valence-electron chi connectivity index (χ1n) is 9.76. The molecular weight excluding hydrogens is 316 g/mol. The van der Waals surface area contributed by atoms with Crippen LogP contribution in [0.4, 0.5) is 0 Å². The Morgan fingerprint density at radius 3 is 2.24 bits per heavy atom. The maximum Gasteiger partial charge on any atom is 0.320 e. The smallest absolute Gasteiger partial charge is 0.320 e. The minimum Gasteiger partial charge on any atom is -0.480 e. The van der Waals surface area contributed by atoms with Gasteiger partial charge in [-0.1, -0.05) is 37.8 Å². The van der Waals surface area contributed by atoms with Crippen molar-refractivity contribution in [2.45, 2.75) is 83.6 Å². The van der Waals surface area contributed by atoms with Crippen LogP contribution in [0, 0.1) is 0 Å². The quantitative estimate of drug-likeness (QED) is 0.325. The second-order valence-corrected chi connectivity index (χ2v) is 6.89. The molecule has 0 aromatic carbocycles. The van der Waals surface area contributed by atoms with E-state index in [9.17, 15) is 9.59 Å². The van der Waals surface area contributed by atoms with Gasteiger partial charge in [-0.05, 0) is 59.5 Å². The number of unbranched alkanes of at least 4 members (excludes halogenated alkanes) is 7. The summed E-state index contributed by atoms with van der Waals surface area (Å²) in [5, 5.41) is 12.0. The van der Waals surface area contributed by atoms with Gasteiger partial charge in [-0.3, -0.25) is 14.5 Å². The van der Waals surface area contributed by atoms with Crippen molar-refractivity contribution in [2.24, 2.45) is 0 Å². The number of carboxylic acids is 1. The van der Waals surface area contributed by atoms with E-state index in [1.807, 2.05) is 0 Å². The summed E-state index contributed by atoms with van der Waals surface area (Å²) < 4.78 is 0. The second-order valence-electron chi connectivity index (χ2n) is 6.89. The van der Waals surface area contributed by atoms with Gasteiger partial charge in [-0.25, -0.2) is 0 Å². The average Bonchev–Trinajstić information content (AvgIpc) is 2.55. The number of carboxylic acid groups (broad SMARTS) is 1. The number of amides is 1. The van der Waals surface area contributed by atoms with Crippen LogP contribution in [0.5, 0.6) is 0 Å². The van der Waals surface area contributed by atoms with Crippen LogP contribution in [-0.2, 0) is 9.59 Å². The first-order chi connectivity index (χ1) is 12.0. The zero-order valence-corrected chi connectivity index (χ0v) is 16.4. The van der Waals surface area contributed by atoms with Crippen molar-refractivity contribution in [2.75, 3.05) is 20.6 Å². The second kappa shape index (κ2) is 16.1. The molecule has 0 aliphatic rings. The molecule has 0 saturated carbocycles. The Bertz CT molecular complexity index is 381. The molecule has 0 bridgehead atoms. The van der Waals surface area contributed by atoms with E-state index in [1.54, 1.807) is 19.0 Å². The van der Waals surface area contributed by atoms with Crippen LogP contribution in [0.15, 0.2) is 12.2 Å². The van der Waals surface area contributed by atoms with Crippen molar-refractivity contribution in [1.82, 2.24) is 10.2 Å². The van der Waals surface area contributed by atoms with Gasteiger partial charge in [0, 0.05) is 13.0 Å². The molecule has 0 unspecified atom stereocenters. The van der Waals surface area contributed by atoms with Crippen LogP contribution in [0.2, 0.25) is 0 Å². The lowest BCUT2D eigenvalue weighted by Gasteiger charge is -2.19. The molecule has 0 fully saturated rings. The lowest BCUT2D eigenvalue weighted by Crippen LogP contribution is -2.35. The number of nitrogens with zero attached hydrogens (tertiary/aromatic N) is 1. The summed E-state index contributed by atoms with van der Waals surface area (Å²) in [6, 6.07) is -0.436. The fraction of sp³-hybridized carbons (Fsp3) is 0.800. The largest absolute Gasteiger partial charge is 0.480 e. The molecule has 0 radical (unpaired) electrons. The molecule has 25 heavy (non-hydrogen) atoms. The summed E-state index contributed by atoms with van der Waals surface area (Å²) in [6.07, 6.45) is 15.5. The normalized spacial score (nSPS) is 12.6. The van der Waals surface area contributed by atoms with E-state index in [-0.39, 0.29) is 5.91 Å². The predicted octanol–water partition coefficient (Wildman–Crippen LogP) is 3.98. The highest BCUT2D eigenvalue weighted by molar-refractivity contribution is 5.75. The van der Waals surface area contributed by atoms with Gasteiger partial charge in [0.25, 0.3) is 0 Å². The lowest BCUT2D eigenvalue weighted by molar-refractivity contribution is -0.142. The van der Waals surface area contributed by atoms with Gasteiger partial charge < -0.3 is 10.4 Å². The van der Waals surface area contributed by atoms with Crippen LogP contribution in [0.25, 0.3) is 0 Å². The summed E-state index contributed by atoms with van der Waals surface area (Å²) in [4.78, 5) is 24.5. The number of nitrogens with one attached hydrogen (secondary N) is 1. The van der Waals surface area contributed by atoms with Gasteiger partial charge in [0.2, 0.25) is 5.91 Å². The molecule has 0 aliphatic heterocycles. The highest BCUT2D eigenvalue weighted by atomic mass is 16.4. The van der Waals surface area contributed by atoms with Crippen molar-refractivity contribution >= 4 is 11.9 Å². The summed E-state index contributed by atoms with van der Waals surface area (Å²) in [6.45, 7) is 2.70. The van der Waals surface area contributed by atoms with Gasteiger partial charge in [0.05, 0.1) is 0 Å². The third-order valence-electron chi connectivity index (χ3n) is 4.40. The molecule has 0 heterocycles. The van der Waals surface area contributed by atoms with Crippen LogP contribution in [0.3, 0.4) is 0 Å². The summed E-state index contributed by atoms with van der Waals surface area (Å²) in [7, 11) is 3.56. The summed E-state index contributed by atoms with van der Waals surface area (Å²) in [5.41, 5.74) is 0.